The van der Waals surface area contributed by atoms with Crippen molar-refractivity contribution in [3.63, 3.8) is 0 Å². The third kappa shape index (κ3) is 4.52. The van der Waals surface area contributed by atoms with E-state index in [1.54, 1.807) is 7.11 Å². The molecule has 0 aliphatic heterocycles. The number of ether oxygens (including phenoxy) is 1. The summed E-state index contributed by atoms with van der Waals surface area (Å²) in [6.45, 7) is 6.52. The molecule has 1 N–H and O–H groups in total. The molecule has 2 aromatic rings. The Bertz CT molecular complexity index is 575. The van der Waals surface area contributed by atoms with E-state index in [2.05, 4.69) is 56.4 Å². The summed E-state index contributed by atoms with van der Waals surface area (Å²) >= 11 is 0. The van der Waals surface area contributed by atoms with E-state index in [0.717, 1.165) is 18.6 Å². The van der Waals surface area contributed by atoms with Gasteiger partial charge in [0.25, 0.3) is 0 Å². The lowest BCUT2D eigenvalue weighted by Gasteiger charge is -2.17. The largest absolute Gasteiger partial charge is 0.497 e. The highest BCUT2D eigenvalue weighted by Gasteiger charge is 2.05. The van der Waals surface area contributed by atoms with Gasteiger partial charge in [-0.15, -0.1) is 0 Å². The molecule has 2 heteroatoms. The van der Waals surface area contributed by atoms with Gasteiger partial charge in [0, 0.05) is 11.7 Å². The van der Waals surface area contributed by atoms with Crippen LogP contribution in [0.1, 0.15) is 30.0 Å². The lowest BCUT2D eigenvalue weighted by molar-refractivity contribution is 0.414. The van der Waals surface area contributed by atoms with E-state index in [0.29, 0.717) is 6.04 Å². The van der Waals surface area contributed by atoms with E-state index < -0.39 is 0 Å². The van der Waals surface area contributed by atoms with E-state index in [1.165, 1.54) is 22.4 Å². The van der Waals surface area contributed by atoms with E-state index in [1.807, 2.05) is 12.1 Å². The van der Waals surface area contributed by atoms with Gasteiger partial charge in [0.1, 0.15) is 5.75 Å². The average Bonchev–Trinajstić information content (AvgIpc) is 2.49. The summed E-state index contributed by atoms with van der Waals surface area (Å²) in [6, 6.07) is 15.3. The zero-order valence-corrected chi connectivity index (χ0v) is 13.4. The lowest BCUT2D eigenvalue weighted by atomic mass is 10.0. The van der Waals surface area contributed by atoms with Crippen LogP contribution >= 0.6 is 0 Å². The van der Waals surface area contributed by atoms with E-state index in [-0.39, 0.29) is 0 Å². The Labute approximate surface area is 128 Å². The van der Waals surface area contributed by atoms with Crippen LogP contribution in [0, 0.1) is 13.8 Å². The standard InChI is InChI=1S/C19H25NO/c1-14-5-6-15(2)19(13-14)20-16(3)7-8-17-9-11-18(21-4)12-10-17/h5-6,9-13,16,20H,7-8H2,1-4H3. The fourth-order valence-electron chi connectivity index (χ4n) is 2.40. The number of anilines is 1. The Balaban J connectivity index is 1.89. The molecule has 0 bridgehead atoms. The van der Waals surface area contributed by atoms with Gasteiger partial charge in [0.05, 0.1) is 7.11 Å². The number of hydrogen-bond acceptors (Lipinski definition) is 2. The van der Waals surface area contributed by atoms with Crippen molar-refractivity contribution in [3.8, 4) is 5.75 Å². The Morgan fingerprint density at radius 1 is 1.05 bits per heavy atom. The van der Waals surface area contributed by atoms with Crippen molar-refractivity contribution in [1.29, 1.82) is 0 Å². The van der Waals surface area contributed by atoms with Crippen LogP contribution in [0.25, 0.3) is 0 Å². The van der Waals surface area contributed by atoms with Crippen LogP contribution in [0.4, 0.5) is 5.69 Å². The van der Waals surface area contributed by atoms with Gasteiger partial charge in [0.15, 0.2) is 0 Å². The first-order chi connectivity index (χ1) is 10.1. The Morgan fingerprint density at radius 2 is 1.76 bits per heavy atom. The number of hydrogen-bond donors (Lipinski definition) is 1. The monoisotopic (exact) mass is 283 g/mol. The maximum atomic E-state index is 5.19. The van der Waals surface area contributed by atoms with Gasteiger partial charge >= 0.3 is 0 Å². The van der Waals surface area contributed by atoms with Crippen LogP contribution in [0.5, 0.6) is 5.75 Å². The van der Waals surface area contributed by atoms with E-state index in [4.69, 9.17) is 4.74 Å². The Morgan fingerprint density at radius 3 is 2.43 bits per heavy atom. The minimum Gasteiger partial charge on any atom is -0.497 e. The first-order valence-electron chi connectivity index (χ1n) is 7.55. The van der Waals surface area contributed by atoms with Crippen molar-refractivity contribution in [2.45, 2.75) is 39.7 Å². The minimum atomic E-state index is 0.451. The first kappa shape index (κ1) is 15.4. The predicted molar refractivity (Wildman–Crippen MR) is 90.3 cm³/mol. The van der Waals surface area contributed by atoms with Crippen LogP contribution in [0.15, 0.2) is 42.5 Å². The number of methoxy groups -OCH3 is 1. The molecule has 1 unspecified atom stereocenters. The molecule has 0 heterocycles. The Hall–Kier alpha value is -1.96. The molecule has 2 nitrogen and oxygen atoms in total. The highest BCUT2D eigenvalue weighted by atomic mass is 16.5. The second-order valence-corrected chi connectivity index (χ2v) is 5.75. The van der Waals surface area contributed by atoms with Crippen LogP contribution in [0.3, 0.4) is 0 Å². The summed E-state index contributed by atoms with van der Waals surface area (Å²) in [4.78, 5) is 0. The zero-order chi connectivity index (χ0) is 15.2. The second-order valence-electron chi connectivity index (χ2n) is 5.75. The van der Waals surface area contributed by atoms with E-state index in [9.17, 15) is 0 Å². The van der Waals surface area contributed by atoms with Crippen LogP contribution in [-0.4, -0.2) is 13.2 Å². The summed E-state index contributed by atoms with van der Waals surface area (Å²) in [7, 11) is 1.70. The van der Waals surface area contributed by atoms with Gasteiger partial charge in [-0.1, -0.05) is 24.3 Å². The zero-order valence-electron chi connectivity index (χ0n) is 13.4. The van der Waals surface area contributed by atoms with Gasteiger partial charge in [-0.2, -0.15) is 0 Å². The molecule has 0 aliphatic carbocycles. The molecule has 0 spiro atoms. The van der Waals surface area contributed by atoms with Crippen LogP contribution < -0.4 is 10.1 Å². The van der Waals surface area contributed by atoms with Crippen molar-refractivity contribution in [2.24, 2.45) is 0 Å². The molecule has 0 amide bonds. The molecular weight excluding hydrogens is 258 g/mol. The summed E-state index contributed by atoms with van der Waals surface area (Å²) in [6.07, 6.45) is 2.18. The van der Waals surface area contributed by atoms with Crippen molar-refractivity contribution < 1.29 is 4.74 Å². The smallest absolute Gasteiger partial charge is 0.118 e. The molecule has 0 aromatic heterocycles. The quantitative estimate of drug-likeness (QED) is 0.826. The van der Waals surface area contributed by atoms with Crippen molar-refractivity contribution in [1.82, 2.24) is 0 Å². The maximum absolute atomic E-state index is 5.19. The molecule has 21 heavy (non-hydrogen) atoms. The number of nitrogens with one attached hydrogen (secondary N) is 1. The molecule has 2 rings (SSSR count). The summed E-state index contributed by atoms with van der Waals surface area (Å²) in [5, 5.41) is 3.62. The van der Waals surface area contributed by atoms with Gasteiger partial charge in [-0.25, -0.2) is 0 Å². The van der Waals surface area contributed by atoms with Crippen molar-refractivity contribution >= 4 is 5.69 Å². The van der Waals surface area contributed by atoms with Gasteiger partial charge in [0.2, 0.25) is 0 Å². The fourth-order valence-corrected chi connectivity index (χ4v) is 2.40. The predicted octanol–water partition coefficient (Wildman–Crippen LogP) is 4.75. The lowest BCUT2D eigenvalue weighted by Crippen LogP contribution is -2.16. The summed E-state index contributed by atoms with van der Waals surface area (Å²) in [5.41, 5.74) is 5.20. The molecule has 0 aliphatic rings. The van der Waals surface area contributed by atoms with Gasteiger partial charge in [-0.3, -0.25) is 0 Å². The second kappa shape index (κ2) is 7.16. The number of benzene rings is 2. The topological polar surface area (TPSA) is 21.3 Å². The SMILES string of the molecule is COc1ccc(CCC(C)Nc2cc(C)ccc2C)cc1. The number of aryl methyl sites for hydroxylation is 3. The minimum absolute atomic E-state index is 0.451. The van der Waals surface area contributed by atoms with Gasteiger partial charge < -0.3 is 10.1 Å². The summed E-state index contributed by atoms with van der Waals surface area (Å²) < 4.78 is 5.19. The highest BCUT2D eigenvalue weighted by Crippen LogP contribution is 2.19. The van der Waals surface area contributed by atoms with Crippen molar-refractivity contribution in [2.75, 3.05) is 12.4 Å². The van der Waals surface area contributed by atoms with Gasteiger partial charge in [-0.05, 0) is 68.5 Å². The van der Waals surface area contributed by atoms with Crippen LogP contribution in [-0.2, 0) is 6.42 Å². The van der Waals surface area contributed by atoms with Crippen molar-refractivity contribution in [3.05, 3.63) is 59.2 Å². The van der Waals surface area contributed by atoms with Crippen LogP contribution in [0.2, 0.25) is 0 Å². The Kier molecular flexibility index (Phi) is 5.26. The molecule has 2 aromatic carbocycles. The molecule has 0 saturated carbocycles. The molecular formula is C19H25NO. The first-order valence-corrected chi connectivity index (χ1v) is 7.55. The third-order valence-electron chi connectivity index (χ3n) is 3.82. The molecule has 0 radical (unpaired) electrons. The normalized spacial score (nSPS) is 12.0. The molecule has 0 saturated heterocycles. The molecule has 1 atom stereocenters. The fraction of sp³-hybridized carbons (Fsp3) is 0.368. The molecule has 0 fully saturated rings. The molecule has 112 valence electrons. The number of rotatable bonds is 6. The highest BCUT2D eigenvalue weighted by molar-refractivity contribution is 5.53. The van der Waals surface area contributed by atoms with E-state index >= 15 is 0 Å². The third-order valence-corrected chi connectivity index (χ3v) is 3.82. The average molecular weight is 283 g/mol. The maximum Gasteiger partial charge on any atom is 0.118 e. The summed E-state index contributed by atoms with van der Waals surface area (Å²) in [5.74, 6) is 0.917.